The molecule has 0 fully saturated rings. The number of ether oxygens (including phenoxy) is 2. The number of rotatable bonds is 5. The molecule has 1 aliphatic rings. The van der Waals surface area contributed by atoms with Crippen molar-refractivity contribution in [2.45, 2.75) is 6.42 Å². The van der Waals surface area contributed by atoms with Crippen molar-refractivity contribution >= 4 is 12.0 Å². The minimum absolute atomic E-state index is 0.111. The standard InChI is InChI=1S/C20H21NO3/c1-23-18-8-4-2-6-16(18)10-11-20(22)21-13-15-12-17-7-3-5-9-19(17)24-14-15/h2-11,15H,12-14H2,1H3,(H,21,22). The summed E-state index contributed by atoms with van der Waals surface area (Å²) in [7, 11) is 1.62. The Bertz CT molecular complexity index is 739. The highest BCUT2D eigenvalue weighted by atomic mass is 16.5. The summed E-state index contributed by atoms with van der Waals surface area (Å²) in [6.45, 7) is 1.23. The third kappa shape index (κ3) is 3.96. The van der Waals surface area contributed by atoms with Gasteiger partial charge < -0.3 is 14.8 Å². The Morgan fingerprint density at radius 3 is 2.92 bits per heavy atom. The molecule has 3 rings (SSSR count). The van der Waals surface area contributed by atoms with Crippen molar-refractivity contribution in [1.29, 1.82) is 0 Å². The maximum Gasteiger partial charge on any atom is 0.244 e. The molecule has 2 aromatic carbocycles. The van der Waals surface area contributed by atoms with Gasteiger partial charge in [0.15, 0.2) is 0 Å². The molecule has 0 saturated carbocycles. The molecule has 0 saturated heterocycles. The summed E-state index contributed by atoms with van der Waals surface area (Å²) in [6.07, 6.45) is 4.23. The summed E-state index contributed by atoms with van der Waals surface area (Å²) in [5.74, 6) is 1.89. The minimum Gasteiger partial charge on any atom is -0.496 e. The van der Waals surface area contributed by atoms with Crippen LogP contribution in [0.5, 0.6) is 11.5 Å². The highest BCUT2D eigenvalue weighted by Gasteiger charge is 2.19. The van der Waals surface area contributed by atoms with Crippen molar-refractivity contribution in [3.63, 3.8) is 0 Å². The molecule has 1 aliphatic heterocycles. The molecular formula is C20H21NO3. The van der Waals surface area contributed by atoms with Crippen molar-refractivity contribution in [3.8, 4) is 11.5 Å². The maximum absolute atomic E-state index is 12.0. The lowest BCUT2D eigenvalue weighted by Gasteiger charge is -2.25. The molecule has 1 atom stereocenters. The molecule has 4 heteroatoms. The van der Waals surface area contributed by atoms with Gasteiger partial charge in [-0.05, 0) is 30.2 Å². The summed E-state index contributed by atoms with van der Waals surface area (Å²) in [4.78, 5) is 12.0. The van der Waals surface area contributed by atoms with Gasteiger partial charge in [-0.25, -0.2) is 0 Å². The fraction of sp³-hybridized carbons (Fsp3) is 0.250. The van der Waals surface area contributed by atoms with Crippen LogP contribution in [0.4, 0.5) is 0 Å². The van der Waals surface area contributed by atoms with E-state index in [1.165, 1.54) is 11.6 Å². The third-order valence-electron chi connectivity index (χ3n) is 4.07. The zero-order chi connectivity index (χ0) is 16.8. The highest BCUT2D eigenvalue weighted by Crippen LogP contribution is 2.26. The highest BCUT2D eigenvalue weighted by molar-refractivity contribution is 5.92. The summed E-state index contributed by atoms with van der Waals surface area (Å²) in [6, 6.07) is 15.6. The summed E-state index contributed by atoms with van der Waals surface area (Å²) in [5.41, 5.74) is 2.08. The largest absolute Gasteiger partial charge is 0.496 e. The number of benzene rings is 2. The third-order valence-corrected chi connectivity index (χ3v) is 4.07. The van der Waals surface area contributed by atoms with E-state index in [1.54, 1.807) is 13.2 Å². The maximum atomic E-state index is 12.0. The van der Waals surface area contributed by atoms with E-state index in [0.29, 0.717) is 19.1 Å². The normalized spacial score (nSPS) is 16.3. The number of hydrogen-bond acceptors (Lipinski definition) is 3. The minimum atomic E-state index is -0.111. The molecule has 1 amide bonds. The second-order valence-electron chi connectivity index (χ2n) is 5.81. The number of hydrogen-bond donors (Lipinski definition) is 1. The average Bonchev–Trinajstić information content (AvgIpc) is 2.64. The Balaban J connectivity index is 1.52. The number of carbonyl (C=O) groups excluding carboxylic acids is 1. The van der Waals surface area contributed by atoms with Crippen LogP contribution in [0.3, 0.4) is 0 Å². The lowest BCUT2D eigenvalue weighted by Crippen LogP contribution is -2.33. The summed E-state index contributed by atoms with van der Waals surface area (Å²) >= 11 is 0. The van der Waals surface area contributed by atoms with Crippen LogP contribution in [0.1, 0.15) is 11.1 Å². The first-order chi connectivity index (χ1) is 11.8. The Hall–Kier alpha value is -2.75. The van der Waals surface area contributed by atoms with E-state index in [4.69, 9.17) is 9.47 Å². The molecule has 2 aromatic rings. The Kier molecular flexibility index (Phi) is 5.16. The van der Waals surface area contributed by atoms with Gasteiger partial charge in [0, 0.05) is 24.1 Å². The van der Waals surface area contributed by atoms with Gasteiger partial charge >= 0.3 is 0 Å². The van der Waals surface area contributed by atoms with E-state index in [0.717, 1.165) is 23.5 Å². The van der Waals surface area contributed by atoms with E-state index in [-0.39, 0.29) is 5.91 Å². The molecule has 1 heterocycles. The summed E-state index contributed by atoms with van der Waals surface area (Å²) < 4.78 is 11.0. The quantitative estimate of drug-likeness (QED) is 0.860. The predicted octanol–water partition coefficient (Wildman–Crippen LogP) is 3.08. The van der Waals surface area contributed by atoms with Gasteiger partial charge in [-0.1, -0.05) is 36.4 Å². The number of amides is 1. The topological polar surface area (TPSA) is 47.6 Å². The number of fused-ring (bicyclic) bond motifs is 1. The van der Waals surface area contributed by atoms with Crippen molar-refractivity contribution < 1.29 is 14.3 Å². The van der Waals surface area contributed by atoms with Gasteiger partial charge in [0.25, 0.3) is 0 Å². The first-order valence-electron chi connectivity index (χ1n) is 8.06. The predicted molar refractivity (Wildman–Crippen MR) is 94.2 cm³/mol. The van der Waals surface area contributed by atoms with Gasteiger partial charge in [-0.3, -0.25) is 4.79 Å². The van der Waals surface area contributed by atoms with Crippen LogP contribution >= 0.6 is 0 Å². The molecule has 0 radical (unpaired) electrons. The van der Waals surface area contributed by atoms with Crippen molar-refractivity contribution in [3.05, 3.63) is 65.7 Å². The Morgan fingerprint density at radius 1 is 1.25 bits per heavy atom. The second kappa shape index (κ2) is 7.68. The average molecular weight is 323 g/mol. The smallest absolute Gasteiger partial charge is 0.244 e. The number of nitrogens with one attached hydrogen (secondary N) is 1. The molecular weight excluding hydrogens is 302 g/mol. The monoisotopic (exact) mass is 323 g/mol. The summed E-state index contributed by atoms with van der Waals surface area (Å²) in [5, 5.41) is 2.94. The van der Waals surface area contributed by atoms with Crippen LogP contribution in [0.2, 0.25) is 0 Å². The molecule has 1 N–H and O–H groups in total. The van der Waals surface area contributed by atoms with Gasteiger partial charge in [0.1, 0.15) is 11.5 Å². The van der Waals surface area contributed by atoms with Crippen molar-refractivity contribution in [2.75, 3.05) is 20.3 Å². The van der Waals surface area contributed by atoms with Gasteiger partial charge in [-0.15, -0.1) is 0 Å². The lowest BCUT2D eigenvalue weighted by atomic mass is 9.97. The zero-order valence-corrected chi connectivity index (χ0v) is 13.7. The fourth-order valence-electron chi connectivity index (χ4n) is 2.80. The fourth-order valence-corrected chi connectivity index (χ4v) is 2.80. The van der Waals surface area contributed by atoms with Crippen molar-refractivity contribution in [1.82, 2.24) is 5.32 Å². The number of para-hydroxylation sites is 2. The van der Waals surface area contributed by atoms with E-state index >= 15 is 0 Å². The van der Waals surface area contributed by atoms with E-state index in [1.807, 2.05) is 42.5 Å². The van der Waals surface area contributed by atoms with Crippen LogP contribution in [0.25, 0.3) is 6.08 Å². The van der Waals surface area contributed by atoms with E-state index < -0.39 is 0 Å². The van der Waals surface area contributed by atoms with Crippen LogP contribution < -0.4 is 14.8 Å². The molecule has 0 spiro atoms. The van der Waals surface area contributed by atoms with Gasteiger partial charge in [0.2, 0.25) is 5.91 Å². The van der Waals surface area contributed by atoms with Crippen LogP contribution in [-0.2, 0) is 11.2 Å². The van der Waals surface area contributed by atoms with Gasteiger partial charge in [-0.2, -0.15) is 0 Å². The molecule has 0 bridgehead atoms. The second-order valence-corrected chi connectivity index (χ2v) is 5.81. The SMILES string of the molecule is COc1ccccc1C=CC(=O)NCC1COc2ccccc2C1. The van der Waals surface area contributed by atoms with Gasteiger partial charge in [0.05, 0.1) is 13.7 Å². The molecule has 0 aromatic heterocycles. The molecule has 24 heavy (non-hydrogen) atoms. The first kappa shape index (κ1) is 16.1. The lowest BCUT2D eigenvalue weighted by molar-refractivity contribution is -0.116. The molecule has 1 unspecified atom stereocenters. The zero-order valence-electron chi connectivity index (χ0n) is 13.7. The van der Waals surface area contributed by atoms with Crippen LogP contribution in [-0.4, -0.2) is 26.2 Å². The van der Waals surface area contributed by atoms with E-state index in [9.17, 15) is 4.79 Å². The first-order valence-corrected chi connectivity index (χ1v) is 8.06. The Morgan fingerprint density at radius 2 is 2.04 bits per heavy atom. The van der Waals surface area contributed by atoms with Crippen LogP contribution in [0, 0.1) is 5.92 Å². The number of carbonyl (C=O) groups is 1. The molecule has 124 valence electrons. The van der Waals surface area contributed by atoms with Crippen molar-refractivity contribution in [2.24, 2.45) is 5.92 Å². The Labute approximate surface area is 142 Å². The molecule has 4 nitrogen and oxygen atoms in total. The number of methoxy groups -OCH3 is 1. The van der Waals surface area contributed by atoms with Crippen LogP contribution in [0.15, 0.2) is 54.6 Å². The molecule has 0 aliphatic carbocycles. The van der Waals surface area contributed by atoms with E-state index in [2.05, 4.69) is 11.4 Å².